The van der Waals surface area contributed by atoms with Gasteiger partial charge in [0, 0.05) is 7.79 Å². The van der Waals surface area contributed by atoms with Crippen molar-refractivity contribution in [1.29, 1.82) is 0 Å². The van der Waals surface area contributed by atoms with Crippen LogP contribution in [0.5, 0.6) is 0 Å². The second-order valence-electron chi connectivity index (χ2n) is 2.36. The van der Waals surface area contributed by atoms with Gasteiger partial charge in [0.15, 0.2) is 0 Å². The molecule has 0 rings (SSSR count). The molecule has 0 aliphatic rings. The molecule has 0 saturated heterocycles. The zero-order valence-corrected chi connectivity index (χ0v) is 10.8. The standard InChI is InChI=1S/C7H11O2.C2H6N.W/c1-6(3-4-8)5-7(2)9;1-3-2;/h4,6H,2-3,5H2,1H3;3H,1H2,2H3;/q2*-1;+2/i1D;;. The molecule has 0 aliphatic heterocycles. The van der Waals surface area contributed by atoms with E-state index in [-0.39, 0.29) is 46.1 Å². The predicted octanol–water partition coefficient (Wildman–Crippen LogP) is 1.000. The summed E-state index contributed by atoms with van der Waals surface area (Å²) in [5.74, 6) is -0.318. The summed E-state index contributed by atoms with van der Waals surface area (Å²) in [7, 11) is 5.00. The van der Waals surface area contributed by atoms with Crippen LogP contribution in [-0.2, 0) is 30.7 Å². The second kappa shape index (κ2) is 14.4. The summed E-state index contributed by atoms with van der Waals surface area (Å²) in [6.45, 7) is 3.30. The van der Waals surface area contributed by atoms with Crippen molar-refractivity contribution in [3.63, 3.8) is 0 Å². The van der Waals surface area contributed by atoms with Gasteiger partial charge in [-0.15, -0.1) is 0 Å². The van der Waals surface area contributed by atoms with E-state index in [1.165, 1.54) is 0 Å². The van der Waals surface area contributed by atoms with Crippen LogP contribution in [0.2, 0.25) is 0 Å². The maximum atomic E-state index is 10.4. The predicted molar refractivity (Wildman–Crippen MR) is 49.2 cm³/mol. The third-order valence-corrected chi connectivity index (χ3v) is 0.946. The number of hydrogen-bond donors (Lipinski definition) is 1. The van der Waals surface area contributed by atoms with Crippen LogP contribution >= 0.6 is 0 Å². The molecule has 0 aromatic heterocycles. The Bertz CT molecular complexity index is 145. The van der Waals surface area contributed by atoms with E-state index in [2.05, 4.69) is 19.3 Å². The summed E-state index contributed by atoms with van der Waals surface area (Å²) in [4.78, 5) is 20.3. The van der Waals surface area contributed by atoms with Crippen LogP contribution in [0, 0.1) is 19.9 Å². The topological polar surface area (TPSA) is 46.2 Å². The van der Waals surface area contributed by atoms with Gasteiger partial charge in [0.2, 0.25) is 0 Å². The number of Topliss-reactive ketones (excluding diaryl/α,β-unsaturated/α-hetero) is 1. The summed E-state index contributed by atoms with van der Waals surface area (Å²) < 4.78 is 6.92. The van der Waals surface area contributed by atoms with Crippen molar-refractivity contribution in [2.24, 2.45) is 5.92 Å². The van der Waals surface area contributed by atoms with E-state index in [9.17, 15) is 9.59 Å². The van der Waals surface area contributed by atoms with E-state index < -0.39 is 0 Å². The first-order chi connectivity index (χ1) is 6.12. The summed E-state index contributed by atoms with van der Waals surface area (Å²) >= 11 is 0. The number of ketones is 1. The SMILES string of the molecule is [2H]CC(CC=O)CC([CH2-])=O.[CH2-]NC.[W+2]. The minimum absolute atomic E-state index is 0. The molecule has 0 saturated carbocycles. The second-order valence-corrected chi connectivity index (χ2v) is 2.36. The summed E-state index contributed by atoms with van der Waals surface area (Å²) in [5.41, 5.74) is 0. The van der Waals surface area contributed by atoms with Gasteiger partial charge in [-0.25, -0.2) is 0 Å². The van der Waals surface area contributed by atoms with Crippen LogP contribution in [0.1, 0.15) is 21.1 Å². The van der Waals surface area contributed by atoms with E-state index in [0.29, 0.717) is 6.42 Å². The zero-order chi connectivity index (χ0) is 10.7. The van der Waals surface area contributed by atoms with Gasteiger partial charge in [0.05, 0.1) is 0 Å². The monoisotopic (exact) mass is 356 g/mol. The first kappa shape index (κ1) is 15.3. The molecule has 1 unspecified atom stereocenters. The molecule has 0 fully saturated rings. The third-order valence-electron chi connectivity index (χ3n) is 0.946. The van der Waals surface area contributed by atoms with E-state index in [1.54, 1.807) is 7.05 Å². The summed E-state index contributed by atoms with van der Waals surface area (Å²) in [6.07, 6.45) is 1.29. The van der Waals surface area contributed by atoms with Crippen LogP contribution in [0.25, 0.3) is 0 Å². The van der Waals surface area contributed by atoms with Gasteiger partial charge in [-0.2, -0.15) is 0 Å². The van der Waals surface area contributed by atoms with Gasteiger partial charge in [-0.1, -0.05) is 6.90 Å². The smallest absolute Gasteiger partial charge is 0.475 e. The van der Waals surface area contributed by atoms with Gasteiger partial charge in [0.25, 0.3) is 0 Å². The largest absolute Gasteiger partial charge is 2.00 e. The summed E-state index contributed by atoms with van der Waals surface area (Å²) in [5, 5.41) is 2.50. The van der Waals surface area contributed by atoms with Crippen LogP contribution in [0.15, 0.2) is 0 Å². The fraction of sp³-hybridized carbons (Fsp3) is 0.556. The zero-order valence-electron chi connectivity index (χ0n) is 8.91. The van der Waals surface area contributed by atoms with Crippen LogP contribution < -0.4 is 5.32 Å². The number of carbonyl (C=O) groups excluding carboxylic acids is 2. The molecule has 1 atom stereocenters. The molecule has 0 aliphatic carbocycles. The minimum Gasteiger partial charge on any atom is -0.475 e. The quantitative estimate of drug-likeness (QED) is 0.604. The van der Waals surface area contributed by atoms with Crippen LogP contribution in [-0.4, -0.2) is 19.1 Å². The number of aldehydes is 1. The van der Waals surface area contributed by atoms with Crippen molar-refractivity contribution < 1.29 is 32.0 Å². The van der Waals surface area contributed by atoms with Gasteiger partial charge >= 0.3 is 21.1 Å². The Hall–Kier alpha value is -0.142. The molecule has 4 heteroatoms. The van der Waals surface area contributed by atoms with Crippen LogP contribution in [0.3, 0.4) is 0 Å². The van der Waals surface area contributed by atoms with Crippen molar-refractivity contribution in [3.05, 3.63) is 14.0 Å². The fourth-order valence-corrected chi connectivity index (χ4v) is 0.541. The first-order valence-electron chi connectivity index (χ1n) is 4.34. The molecule has 0 radical (unpaired) electrons. The van der Waals surface area contributed by atoms with Gasteiger partial charge in [-0.3, -0.25) is 7.05 Å². The molecule has 0 aromatic carbocycles. The third kappa shape index (κ3) is 24.5. The average molecular weight is 356 g/mol. The Kier molecular flexibility index (Phi) is 17.0. The molecule has 3 nitrogen and oxygen atoms in total. The van der Waals surface area contributed by atoms with Crippen molar-refractivity contribution in [2.45, 2.75) is 19.7 Å². The maximum absolute atomic E-state index is 10.4. The van der Waals surface area contributed by atoms with E-state index in [1.807, 2.05) is 0 Å². The van der Waals surface area contributed by atoms with Crippen molar-refractivity contribution >= 4 is 12.1 Å². The Morgan fingerprint density at radius 3 is 2.46 bits per heavy atom. The Morgan fingerprint density at radius 1 is 1.77 bits per heavy atom. The molecule has 0 heterocycles. The number of nitrogens with one attached hydrogen (secondary N) is 1. The van der Waals surface area contributed by atoms with Gasteiger partial charge in [-0.05, 0) is 25.2 Å². The maximum Gasteiger partial charge on any atom is 2.00 e. The van der Waals surface area contributed by atoms with Crippen molar-refractivity contribution in [3.8, 4) is 0 Å². The van der Waals surface area contributed by atoms with Gasteiger partial charge < -0.3 is 21.8 Å². The molecule has 0 aromatic rings. The Labute approximate surface area is 96.3 Å². The number of carbonyl (C=O) groups is 2. The first-order valence-corrected chi connectivity index (χ1v) is 3.63. The summed E-state index contributed by atoms with van der Waals surface area (Å²) in [6, 6.07) is 0. The molecule has 76 valence electrons. The molecule has 0 amide bonds. The Morgan fingerprint density at radius 2 is 2.23 bits per heavy atom. The van der Waals surface area contributed by atoms with Crippen molar-refractivity contribution in [1.82, 2.24) is 5.32 Å². The molecule has 0 spiro atoms. The van der Waals surface area contributed by atoms with Crippen LogP contribution in [0.4, 0.5) is 0 Å². The molecular weight excluding hydrogens is 338 g/mol. The van der Waals surface area contributed by atoms with E-state index in [4.69, 9.17) is 1.37 Å². The Balaban J connectivity index is -0.000000267. The van der Waals surface area contributed by atoms with Crippen molar-refractivity contribution in [2.75, 3.05) is 7.05 Å². The number of rotatable bonds is 4. The normalized spacial score (nSPS) is 11.1. The molecule has 1 N–H and O–H groups in total. The van der Waals surface area contributed by atoms with Gasteiger partial charge in [0.1, 0.15) is 6.29 Å². The average Bonchev–Trinajstić information content (AvgIpc) is 2.04. The van der Waals surface area contributed by atoms with E-state index >= 15 is 0 Å². The molecule has 0 bridgehead atoms. The fourth-order valence-electron chi connectivity index (χ4n) is 0.541. The molecule has 13 heavy (non-hydrogen) atoms. The minimum atomic E-state index is -0.195. The molecular formula is C9H17NO2W. The number of hydrogen-bond acceptors (Lipinski definition) is 3. The van der Waals surface area contributed by atoms with E-state index in [0.717, 1.165) is 6.29 Å².